The topological polar surface area (TPSA) is 108 Å². The summed E-state index contributed by atoms with van der Waals surface area (Å²) in [5, 5.41) is 16.9. The van der Waals surface area contributed by atoms with E-state index in [2.05, 4.69) is 17.6 Å². The Hall–Kier alpha value is -3.55. The van der Waals surface area contributed by atoms with Gasteiger partial charge in [0.05, 0.1) is 0 Å². The van der Waals surface area contributed by atoms with E-state index >= 15 is 0 Å². The van der Waals surface area contributed by atoms with Gasteiger partial charge in [-0.3, -0.25) is 9.59 Å². The van der Waals surface area contributed by atoms with E-state index in [1.165, 1.54) is 4.90 Å². The number of carbonyl (C=O) groups is 3. The number of amides is 3. The quantitative estimate of drug-likeness (QED) is 0.225. The molecule has 8 heteroatoms. The zero-order valence-electron chi connectivity index (χ0n) is 26.0. The van der Waals surface area contributed by atoms with Gasteiger partial charge in [0.1, 0.15) is 23.4 Å². The first-order chi connectivity index (χ1) is 19.2. The van der Waals surface area contributed by atoms with Gasteiger partial charge in [0.2, 0.25) is 5.91 Å². The van der Waals surface area contributed by atoms with Gasteiger partial charge in [0.15, 0.2) is 0 Å². The van der Waals surface area contributed by atoms with Crippen LogP contribution in [0.5, 0.6) is 5.75 Å². The van der Waals surface area contributed by atoms with Crippen LogP contribution in [0.3, 0.4) is 0 Å². The van der Waals surface area contributed by atoms with Gasteiger partial charge < -0.3 is 25.4 Å². The van der Waals surface area contributed by atoms with Crippen LogP contribution < -0.4 is 10.6 Å². The van der Waals surface area contributed by atoms with Gasteiger partial charge >= 0.3 is 6.09 Å². The van der Waals surface area contributed by atoms with E-state index in [1.807, 2.05) is 39.0 Å². The molecule has 2 unspecified atom stereocenters. The van der Waals surface area contributed by atoms with Crippen LogP contribution in [0.25, 0.3) is 0 Å². The van der Waals surface area contributed by atoms with Crippen molar-refractivity contribution in [1.29, 1.82) is 0 Å². The molecule has 2 aromatic carbocycles. The predicted octanol–water partition coefficient (Wildman–Crippen LogP) is 7.04. The Morgan fingerprint density at radius 2 is 1.61 bits per heavy atom. The molecule has 0 heterocycles. The number of benzene rings is 2. The summed E-state index contributed by atoms with van der Waals surface area (Å²) >= 11 is 0. The van der Waals surface area contributed by atoms with Crippen molar-refractivity contribution in [2.75, 3.05) is 11.9 Å². The molecular formula is C33H49N3O5. The second kappa shape index (κ2) is 15.5. The molecule has 41 heavy (non-hydrogen) atoms. The molecule has 8 nitrogen and oxygen atoms in total. The second-order valence-electron chi connectivity index (χ2n) is 12.1. The average Bonchev–Trinajstić information content (AvgIpc) is 2.87. The van der Waals surface area contributed by atoms with Crippen molar-refractivity contribution in [1.82, 2.24) is 10.2 Å². The van der Waals surface area contributed by atoms with Crippen molar-refractivity contribution < 1.29 is 24.2 Å². The van der Waals surface area contributed by atoms with Crippen molar-refractivity contribution in [2.24, 2.45) is 5.92 Å². The Balaban J connectivity index is 2.61. The summed E-state index contributed by atoms with van der Waals surface area (Å²) in [6.45, 7) is 15.3. The fraction of sp³-hybridized carbons (Fsp3) is 0.545. The summed E-state index contributed by atoms with van der Waals surface area (Å²) in [7, 11) is 0. The van der Waals surface area contributed by atoms with Crippen molar-refractivity contribution >= 4 is 23.6 Å². The Kier molecular flexibility index (Phi) is 12.7. The molecular weight excluding hydrogens is 518 g/mol. The lowest BCUT2D eigenvalue weighted by Crippen LogP contribution is -2.53. The van der Waals surface area contributed by atoms with Gasteiger partial charge in [0.25, 0.3) is 5.91 Å². The van der Waals surface area contributed by atoms with E-state index in [1.54, 1.807) is 52.0 Å². The minimum absolute atomic E-state index is 0.0377. The largest absolute Gasteiger partial charge is 0.507 e. The van der Waals surface area contributed by atoms with Crippen LogP contribution in [0.4, 0.5) is 10.5 Å². The number of rotatable bonds is 13. The van der Waals surface area contributed by atoms with Gasteiger partial charge in [-0.25, -0.2) is 4.79 Å². The Morgan fingerprint density at radius 3 is 2.22 bits per heavy atom. The molecule has 0 radical (unpaired) electrons. The lowest BCUT2D eigenvalue weighted by Gasteiger charge is -2.35. The number of hydrogen-bond donors (Lipinski definition) is 3. The fourth-order valence-electron chi connectivity index (χ4n) is 4.69. The Labute approximate surface area is 245 Å². The monoisotopic (exact) mass is 567 g/mol. The number of nitrogens with one attached hydrogen (secondary N) is 2. The fourth-order valence-corrected chi connectivity index (χ4v) is 4.69. The zero-order chi connectivity index (χ0) is 30.7. The molecule has 0 aliphatic heterocycles. The number of phenolic OH excluding ortho intramolecular Hbond substituents is 1. The third-order valence-electron chi connectivity index (χ3n) is 6.76. The van der Waals surface area contributed by atoms with E-state index < -0.39 is 35.6 Å². The maximum atomic E-state index is 14.4. The zero-order valence-corrected chi connectivity index (χ0v) is 26.0. The predicted molar refractivity (Wildman–Crippen MR) is 164 cm³/mol. The number of aryl methyl sites for hydroxylation is 2. The third kappa shape index (κ3) is 10.4. The number of phenols is 1. The van der Waals surface area contributed by atoms with E-state index in [0.717, 1.165) is 24.8 Å². The third-order valence-corrected chi connectivity index (χ3v) is 6.76. The molecule has 0 fully saturated rings. The van der Waals surface area contributed by atoms with Crippen molar-refractivity contribution in [3.63, 3.8) is 0 Å². The van der Waals surface area contributed by atoms with Gasteiger partial charge in [-0.05, 0) is 70.6 Å². The minimum atomic E-state index is -1.13. The van der Waals surface area contributed by atoms with Crippen LogP contribution in [-0.2, 0) is 14.3 Å². The van der Waals surface area contributed by atoms with Crippen LogP contribution in [-0.4, -0.2) is 46.1 Å². The van der Waals surface area contributed by atoms with Gasteiger partial charge in [-0.15, -0.1) is 0 Å². The van der Waals surface area contributed by atoms with E-state index in [9.17, 15) is 19.5 Å². The summed E-state index contributed by atoms with van der Waals surface area (Å²) in [5.41, 5.74) is 1.69. The molecule has 0 aliphatic carbocycles. The van der Waals surface area contributed by atoms with Crippen LogP contribution in [0.1, 0.15) is 96.4 Å². The molecule has 0 aromatic heterocycles. The molecule has 3 N–H and O–H groups in total. The van der Waals surface area contributed by atoms with E-state index in [-0.39, 0.29) is 18.2 Å². The summed E-state index contributed by atoms with van der Waals surface area (Å²) in [6.07, 6.45) is 3.21. The van der Waals surface area contributed by atoms with E-state index in [0.29, 0.717) is 29.7 Å². The number of ether oxygens (including phenoxy) is 1. The summed E-state index contributed by atoms with van der Waals surface area (Å²) in [4.78, 5) is 42.8. The number of unbranched alkanes of at least 4 members (excludes halogenated alkanes) is 3. The number of aromatic hydroxyl groups is 1. The van der Waals surface area contributed by atoms with Crippen LogP contribution >= 0.6 is 0 Å². The van der Waals surface area contributed by atoms with Gasteiger partial charge in [-0.1, -0.05) is 76.4 Å². The normalized spacial score (nSPS) is 12.9. The first kappa shape index (κ1) is 33.7. The second-order valence-corrected chi connectivity index (χ2v) is 12.1. The average molecular weight is 568 g/mol. The number of nitrogens with zero attached hydrogens (tertiary/aromatic N) is 1. The number of anilines is 1. The number of alkyl carbamates (subject to hydrolysis) is 1. The maximum Gasteiger partial charge on any atom is 0.408 e. The molecule has 2 atom stereocenters. The molecule has 2 aromatic rings. The van der Waals surface area contributed by atoms with Crippen molar-refractivity contribution in [3.8, 4) is 5.75 Å². The standard InChI is InChI=1S/C33H49N3O5/c1-9-10-11-14-20-36(31(39)27(21-22(2)3)35-32(40)41-33(6,7)8)28(25-18-15-17-24(5)29(25)37)30(38)34-26-19-13-12-16-23(26)4/h12-13,15-19,22,27-28,37H,9-11,14,20-21H2,1-8H3,(H,34,38)(H,35,40). The number of hydrogen-bond acceptors (Lipinski definition) is 5. The van der Waals surface area contributed by atoms with Crippen LogP contribution in [0.2, 0.25) is 0 Å². The van der Waals surface area contributed by atoms with Crippen LogP contribution in [0, 0.1) is 19.8 Å². The Morgan fingerprint density at radius 1 is 0.951 bits per heavy atom. The van der Waals surface area contributed by atoms with Crippen LogP contribution in [0.15, 0.2) is 42.5 Å². The maximum absolute atomic E-state index is 14.4. The summed E-state index contributed by atoms with van der Waals surface area (Å²) in [6, 6.07) is 10.6. The highest BCUT2D eigenvalue weighted by molar-refractivity contribution is 5.99. The van der Waals surface area contributed by atoms with E-state index in [4.69, 9.17) is 4.74 Å². The number of carbonyl (C=O) groups excluding carboxylic acids is 3. The number of para-hydroxylation sites is 2. The van der Waals surface area contributed by atoms with Crippen molar-refractivity contribution in [3.05, 3.63) is 59.2 Å². The minimum Gasteiger partial charge on any atom is -0.507 e. The molecule has 3 amide bonds. The van der Waals surface area contributed by atoms with Crippen molar-refractivity contribution in [2.45, 2.75) is 105 Å². The van der Waals surface area contributed by atoms with Gasteiger partial charge in [-0.2, -0.15) is 0 Å². The summed E-state index contributed by atoms with van der Waals surface area (Å²) < 4.78 is 5.47. The SMILES string of the molecule is CCCCCCN(C(=O)C(CC(C)C)NC(=O)OC(C)(C)C)C(C(=O)Nc1ccccc1C)c1cccc(C)c1O. The molecule has 0 bridgehead atoms. The lowest BCUT2D eigenvalue weighted by atomic mass is 9.96. The van der Waals surface area contributed by atoms with Gasteiger partial charge in [0, 0.05) is 17.8 Å². The first-order valence-electron chi connectivity index (χ1n) is 14.7. The molecule has 0 aliphatic rings. The first-order valence-corrected chi connectivity index (χ1v) is 14.7. The highest BCUT2D eigenvalue weighted by atomic mass is 16.6. The Bertz CT molecular complexity index is 1170. The molecule has 2 rings (SSSR count). The highest BCUT2D eigenvalue weighted by Crippen LogP contribution is 2.34. The molecule has 0 saturated heterocycles. The molecule has 0 saturated carbocycles. The summed E-state index contributed by atoms with van der Waals surface area (Å²) in [5.74, 6) is -0.798. The molecule has 226 valence electrons. The lowest BCUT2D eigenvalue weighted by molar-refractivity contribution is -0.141. The smallest absolute Gasteiger partial charge is 0.408 e. The highest BCUT2D eigenvalue weighted by Gasteiger charge is 2.38. The molecule has 0 spiro atoms.